The molecule has 0 aromatic rings. The molecule has 0 bridgehead atoms. The van der Waals surface area contributed by atoms with Crippen molar-refractivity contribution in [3.63, 3.8) is 0 Å². The van der Waals surface area contributed by atoms with E-state index >= 15 is 0 Å². The molecular weight excluding hydrogens is 246 g/mol. The smallest absolute Gasteiger partial charge is 0.152 e. The van der Waals surface area contributed by atoms with Crippen LogP contribution in [0, 0.1) is 23.7 Å². The summed E-state index contributed by atoms with van der Waals surface area (Å²) in [6.07, 6.45) is 10.7. The number of Topliss-reactive ketones (excluding diaryl/α,β-unsaturated/α-hetero) is 1. The highest BCUT2D eigenvalue weighted by molar-refractivity contribution is 5.85. The summed E-state index contributed by atoms with van der Waals surface area (Å²) in [5.74, 6) is 2.89. The Morgan fingerprint density at radius 1 is 1.05 bits per heavy atom. The standard InChI is InChI=1S/C16H29NO.C2H6/c1-11(2)16(18)15(17)10-13-8-5-7-12-6-3-4-9-14(12)13;1-2/h11-15H,3-10,17H2,1-2H3;1-2H3. The minimum Gasteiger partial charge on any atom is -0.321 e. The van der Waals surface area contributed by atoms with E-state index in [4.69, 9.17) is 5.73 Å². The molecule has 0 radical (unpaired) electrons. The molecule has 0 aliphatic heterocycles. The maximum atomic E-state index is 12.0. The molecule has 0 heterocycles. The lowest BCUT2D eigenvalue weighted by molar-refractivity contribution is -0.123. The fourth-order valence-corrected chi connectivity index (χ4v) is 4.23. The maximum absolute atomic E-state index is 12.0. The van der Waals surface area contributed by atoms with Gasteiger partial charge in [-0.25, -0.2) is 0 Å². The van der Waals surface area contributed by atoms with Crippen LogP contribution in [0.4, 0.5) is 0 Å². The molecule has 2 aliphatic carbocycles. The number of ketones is 1. The van der Waals surface area contributed by atoms with Crippen LogP contribution in [0.3, 0.4) is 0 Å². The Hall–Kier alpha value is -0.370. The minimum atomic E-state index is -0.212. The molecule has 2 fully saturated rings. The second-order valence-electron chi connectivity index (χ2n) is 6.80. The first-order valence-corrected chi connectivity index (χ1v) is 8.89. The van der Waals surface area contributed by atoms with Gasteiger partial charge in [-0.2, -0.15) is 0 Å². The average Bonchev–Trinajstić information content (AvgIpc) is 2.48. The van der Waals surface area contributed by atoms with Gasteiger partial charge in [0, 0.05) is 5.92 Å². The summed E-state index contributed by atoms with van der Waals surface area (Å²) in [7, 11) is 0. The van der Waals surface area contributed by atoms with Gasteiger partial charge in [0.15, 0.2) is 5.78 Å². The largest absolute Gasteiger partial charge is 0.321 e. The van der Waals surface area contributed by atoms with Gasteiger partial charge in [0.25, 0.3) is 0 Å². The zero-order chi connectivity index (χ0) is 15.1. The SMILES string of the molecule is CC.CC(C)C(=O)C(N)CC1CCCC2CCCCC21. The number of nitrogens with two attached hydrogens (primary N) is 1. The summed E-state index contributed by atoms with van der Waals surface area (Å²) in [4.78, 5) is 12.0. The van der Waals surface area contributed by atoms with Crippen molar-refractivity contribution in [2.45, 2.75) is 85.1 Å². The lowest BCUT2D eigenvalue weighted by Crippen LogP contribution is -2.40. The predicted octanol–water partition coefficient (Wildman–Crippen LogP) is 4.56. The molecule has 0 aromatic carbocycles. The molecule has 2 saturated carbocycles. The number of carbonyl (C=O) groups is 1. The van der Waals surface area contributed by atoms with E-state index in [-0.39, 0.29) is 17.7 Å². The molecule has 2 rings (SSSR count). The Morgan fingerprint density at radius 3 is 2.30 bits per heavy atom. The quantitative estimate of drug-likeness (QED) is 0.820. The summed E-state index contributed by atoms with van der Waals surface area (Å²) >= 11 is 0. The second kappa shape index (κ2) is 8.81. The maximum Gasteiger partial charge on any atom is 0.152 e. The third-order valence-corrected chi connectivity index (χ3v) is 5.21. The zero-order valence-corrected chi connectivity index (χ0v) is 14.0. The summed E-state index contributed by atoms with van der Waals surface area (Å²) in [6, 6.07) is -0.212. The molecule has 118 valence electrons. The molecule has 0 spiro atoms. The van der Waals surface area contributed by atoms with Crippen LogP contribution in [0.15, 0.2) is 0 Å². The molecule has 4 atom stereocenters. The van der Waals surface area contributed by atoms with Gasteiger partial charge >= 0.3 is 0 Å². The normalized spacial score (nSPS) is 31.0. The van der Waals surface area contributed by atoms with Crippen molar-refractivity contribution in [3.05, 3.63) is 0 Å². The van der Waals surface area contributed by atoms with E-state index in [1.54, 1.807) is 0 Å². The summed E-state index contributed by atoms with van der Waals surface area (Å²) in [5, 5.41) is 0. The lowest BCUT2D eigenvalue weighted by Gasteiger charge is -2.42. The molecule has 20 heavy (non-hydrogen) atoms. The van der Waals surface area contributed by atoms with Crippen LogP contribution < -0.4 is 5.73 Å². The van der Waals surface area contributed by atoms with Crippen molar-refractivity contribution < 1.29 is 4.79 Å². The highest BCUT2D eigenvalue weighted by atomic mass is 16.1. The van der Waals surface area contributed by atoms with Gasteiger partial charge in [0.1, 0.15) is 0 Å². The van der Waals surface area contributed by atoms with Crippen LogP contribution in [-0.2, 0) is 4.79 Å². The molecular formula is C18H35NO. The van der Waals surface area contributed by atoms with E-state index in [0.29, 0.717) is 0 Å². The average molecular weight is 281 g/mol. The van der Waals surface area contributed by atoms with Crippen molar-refractivity contribution >= 4 is 5.78 Å². The van der Waals surface area contributed by atoms with Gasteiger partial charge in [-0.1, -0.05) is 66.2 Å². The van der Waals surface area contributed by atoms with E-state index < -0.39 is 0 Å². The van der Waals surface area contributed by atoms with E-state index in [2.05, 4.69) is 0 Å². The molecule has 2 heteroatoms. The Balaban J connectivity index is 0.000000956. The van der Waals surface area contributed by atoms with Crippen LogP contribution in [0.5, 0.6) is 0 Å². The van der Waals surface area contributed by atoms with E-state index in [9.17, 15) is 4.79 Å². The van der Waals surface area contributed by atoms with Crippen LogP contribution >= 0.6 is 0 Å². The first-order chi connectivity index (χ1) is 9.59. The number of rotatable bonds is 4. The molecule has 0 aromatic heterocycles. The van der Waals surface area contributed by atoms with Crippen molar-refractivity contribution in [1.82, 2.24) is 0 Å². The zero-order valence-electron chi connectivity index (χ0n) is 14.0. The number of fused-ring (bicyclic) bond motifs is 1. The van der Waals surface area contributed by atoms with Crippen LogP contribution in [0.1, 0.15) is 79.1 Å². The third kappa shape index (κ3) is 4.58. The van der Waals surface area contributed by atoms with Gasteiger partial charge < -0.3 is 5.73 Å². The topological polar surface area (TPSA) is 43.1 Å². The van der Waals surface area contributed by atoms with E-state index in [1.165, 1.54) is 44.9 Å². The van der Waals surface area contributed by atoms with Gasteiger partial charge in [0.2, 0.25) is 0 Å². The fourth-order valence-electron chi connectivity index (χ4n) is 4.23. The molecule has 2 aliphatic rings. The van der Waals surface area contributed by atoms with Crippen LogP contribution in [0.2, 0.25) is 0 Å². The van der Waals surface area contributed by atoms with Gasteiger partial charge in [0.05, 0.1) is 6.04 Å². The number of hydrogen-bond acceptors (Lipinski definition) is 2. The predicted molar refractivity (Wildman–Crippen MR) is 86.6 cm³/mol. The third-order valence-electron chi connectivity index (χ3n) is 5.21. The fraction of sp³-hybridized carbons (Fsp3) is 0.944. The van der Waals surface area contributed by atoms with Crippen molar-refractivity contribution in [2.75, 3.05) is 0 Å². The first kappa shape index (κ1) is 17.7. The van der Waals surface area contributed by atoms with Gasteiger partial charge in [-0.05, 0) is 30.6 Å². The summed E-state index contributed by atoms with van der Waals surface area (Å²) < 4.78 is 0. The van der Waals surface area contributed by atoms with Crippen molar-refractivity contribution in [2.24, 2.45) is 29.4 Å². The molecule has 2 N–H and O–H groups in total. The van der Waals surface area contributed by atoms with Gasteiger partial charge in [-0.15, -0.1) is 0 Å². The lowest BCUT2D eigenvalue weighted by atomic mass is 9.64. The number of carbonyl (C=O) groups excluding carboxylic acids is 1. The summed E-state index contributed by atoms with van der Waals surface area (Å²) in [5.41, 5.74) is 6.12. The first-order valence-electron chi connectivity index (χ1n) is 8.89. The van der Waals surface area contributed by atoms with Gasteiger partial charge in [-0.3, -0.25) is 4.79 Å². The monoisotopic (exact) mass is 281 g/mol. The van der Waals surface area contributed by atoms with Crippen LogP contribution in [-0.4, -0.2) is 11.8 Å². The molecule has 4 unspecified atom stereocenters. The Morgan fingerprint density at radius 2 is 1.65 bits per heavy atom. The van der Waals surface area contributed by atoms with Crippen molar-refractivity contribution in [3.8, 4) is 0 Å². The second-order valence-corrected chi connectivity index (χ2v) is 6.80. The summed E-state index contributed by atoms with van der Waals surface area (Å²) in [6.45, 7) is 7.93. The minimum absolute atomic E-state index is 0.0887. The van der Waals surface area contributed by atoms with Crippen LogP contribution in [0.25, 0.3) is 0 Å². The molecule has 0 saturated heterocycles. The number of hydrogen-bond donors (Lipinski definition) is 1. The highest BCUT2D eigenvalue weighted by Crippen LogP contribution is 2.45. The Kier molecular flexibility index (Phi) is 7.79. The van der Waals surface area contributed by atoms with Crippen molar-refractivity contribution in [1.29, 1.82) is 0 Å². The Labute approximate surface area is 125 Å². The highest BCUT2D eigenvalue weighted by Gasteiger charge is 2.36. The van der Waals surface area contributed by atoms with E-state index in [0.717, 1.165) is 24.2 Å². The van der Waals surface area contributed by atoms with E-state index in [1.807, 2.05) is 27.7 Å². The molecule has 0 amide bonds. The molecule has 2 nitrogen and oxygen atoms in total. The Bertz CT molecular complexity index is 285.